The largest absolute Gasteiger partial charge is 0.507 e. The highest BCUT2D eigenvalue weighted by Gasteiger charge is 2.24. The van der Waals surface area contributed by atoms with E-state index in [4.69, 9.17) is 5.11 Å². The van der Waals surface area contributed by atoms with Crippen LogP contribution in [-0.2, 0) is 6.42 Å². The van der Waals surface area contributed by atoms with Crippen LogP contribution in [0, 0.1) is 0 Å². The summed E-state index contributed by atoms with van der Waals surface area (Å²) >= 11 is 0. The van der Waals surface area contributed by atoms with Crippen molar-refractivity contribution >= 4 is 11.8 Å². The summed E-state index contributed by atoms with van der Waals surface area (Å²) in [6.07, 6.45) is 0.870. The summed E-state index contributed by atoms with van der Waals surface area (Å²) in [6.45, 7) is 0. The summed E-state index contributed by atoms with van der Waals surface area (Å²) in [4.78, 5) is 21.9. The predicted octanol–water partition coefficient (Wildman–Crippen LogP) is 1.22. The van der Waals surface area contributed by atoms with Crippen molar-refractivity contribution in [3.8, 4) is 5.75 Å². The van der Waals surface area contributed by atoms with Gasteiger partial charge in [0.15, 0.2) is 5.78 Å². The molecule has 1 aliphatic carbocycles. The van der Waals surface area contributed by atoms with Crippen LogP contribution < -0.4 is 0 Å². The molecule has 1 aromatic carbocycles. The number of fused-ring (bicyclic) bond motifs is 1. The normalized spacial score (nSPS) is 14.1. The third kappa shape index (κ3) is 1.16. The quantitative estimate of drug-likeness (QED) is 0.701. The molecule has 0 saturated heterocycles. The van der Waals surface area contributed by atoms with E-state index in [0.29, 0.717) is 18.4 Å². The second-order valence-electron chi connectivity index (χ2n) is 3.26. The Bertz CT molecular complexity index is 434. The van der Waals surface area contributed by atoms with E-state index in [2.05, 4.69) is 0 Å². The van der Waals surface area contributed by atoms with E-state index in [1.165, 1.54) is 6.07 Å². The van der Waals surface area contributed by atoms with Gasteiger partial charge in [0.1, 0.15) is 5.75 Å². The number of rotatable bonds is 1. The van der Waals surface area contributed by atoms with Crippen LogP contribution in [0.25, 0.3) is 0 Å². The molecule has 0 unspecified atom stereocenters. The Hall–Kier alpha value is -1.84. The fraction of sp³-hybridized carbons (Fsp3) is 0.200. The Labute approximate surface area is 79.8 Å². The lowest BCUT2D eigenvalue weighted by Gasteiger charge is -2.02. The molecule has 4 nitrogen and oxygen atoms in total. The van der Waals surface area contributed by atoms with Crippen molar-refractivity contribution in [2.75, 3.05) is 0 Å². The van der Waals surface area contributed by atoms with Crippen molar-refractivity contribution in [2.45, 2.75) is 12.8 Å². The molecule has 0 saturated carbocycles. The summed E-state index contributed by atoms with van der Waals surface area (Å²) < 4.78 is 0. The number of carboxylic acid groups (broad SMARTS) is 1. The molecule has 1 aliphatic rings. The number of phenolic OH excluding ortho intramolecular Hbond substituents is 1. The number of Topliss-reactive ketones (excluding diaryl/α,β-unsaturated/α-hetero) is 1. The van der Waals surface area contributed by atoms with Crippen molar-refractivity contribution in [1.82, 2.24) is 0 Å². The third-order valence-electron chi connectivity index (χ3n) is 2.35. The summed E-state index contributed by atoms with van der Waals surface area (Å²) in [5.74, 6) is -1.43. The highest BCUT2D eigenvalue weighted by Crippen LogP contribution is 2.31. The maximum Gasteiger partial charge on any atom is 0.335 e. The van der Waals surface area contributed by atoms with E-state index in [1.54, 1.807) is 0 Å². The molecule has 14 heavy (non-hydrogen) atoms. The molecule has 2 N–H and O–H groups in total. The maximum absolute atomic E-state index is 11.3. The van der Waals surface area contributed by atoms with Crippen LogP contribution in [0.15, 0.2) is 12.1 Å². The Balaban J connectivity index is 2.62. The van der Waals surface area contributed by atoms with Crippen LogP contribution in [0.3, 0.4) is 0 Å². The molecule has 0 aliphatic heterocycles. The maximum atomic E-state index is 11.3. The minimum Gasteiger partial charge on any atom is -0.507 e. The van der Waals surface area contributed by atoms with E-state index in [0.717, 1.165) is 6.07 Å². The summed E-state index contributed by atoms with van der Waals surface area (Å²) in [7, 11) is 0. The van der Waals surface area contributed by atoms with Crippen molar-refractivity contribution in [3.63, 3.8) is 0 Å². The number of aromatic carboxylic acids is 1. The van der Waals surface area contributed by atoms with Gasteiger partial charge in [0.05, 0.1) is 11.1 Å². The summed E-state index contributed by atoms with van der Waals surface area (Å²) in [5, 5.41) is 18.2. The molecule has 1 aromatic rings. The Morgan fingerprint density at radius 3 is 2.64 bits per heavy atom. The van der Waals surface area contributed by atoms with Gasteiger partial charge < -0.3 is 10.2 Å². The molecule has 0 heterocycles. The topological polar surface area (TPSA) is 74.6 Å². The molecule has 72 valence electrons. The first kappa shape index (κ1) is 8.74. The zero-order chi connectivity index (χ0) is 10.3. The van der Waals surface area contributed by atoms with E-state index < -0.39 is 5.97 Å². The number of benzene rings is 1. The number of carbonyl (C=O) groups is 2. The molecule has 0 bridgehead atoms. The van der Waals surface area contributed by atoms with Crippen LogP contribution in [0.4, 0.5) is 0 Å². The number of carbonyl (C=O) groups excluding carboxylic acids is 1. The molecule has 4 heteroatoms. The number of hydrogen-bond donors (Lipinski definition) is 2. The SMILES string of the molecule is O=C(O)c1cc(O)c2c(c1)CCC2=O. The average molecular weight is 192 g/mol. The van der Waals surface area contributed by atoms with Crippen LogP contribution in [-0.4, -0.2) is 22.0 Å². The van der Waals surface area contributed by atoms with Crippen LogP contribution in [0.1, 0.15) is 32.7 Å². The summed E-state index contributed by atoms with van der Waals surface area (Å²) in [6, 6.07) is 2.56. The van der Waals surface area contributed by atoms with Crippen LogP contribution in [0.5, 0.6) is 5.75 Å². The zero-order valence-corrected chi connectivity index (χ0v) is 7.28. The molecule has 0 atom stereocenters. The molecule has 2 rings (SSSR count). The number of aryl methyl sites for hydroxylation is 1. The smallest absolute Gasteiger partial charge is 0.335 e. The van der Waals surface area contributed by atoms with Gasteiger partial charge in [-0.15, -0.1) is 0 Å². The van der Waals surface area contributed by atoms with Gasteiger partial charge in [0, 0.05) is 6.42 Å². The van der Waals surface area contributed by atoms with Gasteiger partial charge in [0.2, 0.25) is 0 Å². The number of ketones is 1. The van der Waals surface area contributed by atoms with Crippen LogP contribution >= 0.6 is 0 Å². The van der Waals surface area contributed by atoms with Crippen LogP contribution in [0.2, 0.25) is 0 Å². The van der Waals surface area contributed by atoms with Crippen molar-refractivity contribution < 1.29 is 19.8 Å². The molecule has 0 fully saturated rings. The van der Waals surface area contributed by atoms with Crippen molar-refractivity contribution in [3.05, 3.63) is 28.8 Å². The fourth-order valence-corrected chi connectivity index (χ4v) is 1.70. The average Bonchev–Trinajstić information content (AvgIpc) is 2.48. The fourth-order valence-electron chi connectivity index (χ4n) is 1.70. The van der Waals surface area contributed by atoms with Gasteiger partial charge >= 0.3 is 5.97 Å². The first-order chi connectivity index (χ1) is 6.59. The van der Waals surface area contributed by atoms with Gasteiger partial charge in [-0.05, 0) is 24.1 Å². The lowest BCUT2D eigenvalue weighted by molar-refractivity contribution is 0.0696. The van der Waals surface area contributed by atoms with Crippen molar-refractivity contribution in [1.29, 1.82) is 0 Å². The van der Waals surface area contributed by atoms with E-state index in [1.807, 2.05) is 0 Å². The standard InChI is InChI=1S/C10H8O4/c11-7-2-1-5-3-6(10(13)14)4-8(12)9(5)7/h3-4,12H,1-2H2,(H,13,14). The lowest BCUT2D eigenvalue weighted by Crippen LogP contribution is -1.99. The summed E-state index contributed by atoms with van der Waals surface area (Å²) in [5.41, 5.74) is 0.943. The molecule has 0 radical (unpaired) electrons. The second-order valence-corrected chi connectivity index (χ2v) is 3.26. The lowest BCUT2D eigenvalue weighted by atomic mass is 10.0. The first-order valence-electron chi connectivity index (χ1n) is 4.22. The molecule has 0 aromatic heterocycles. The number of phenols is 1. The predicted molar refractivity (Wildman–Crippen MR) is 47.7 cm³/mol. The first-order valence-corrected chi connectivity index (χ1v) is 4.22. The third-order valence-corrected chi connectivity index (χ3v) is 2.35. The Kier molecular flexibility index (Phi) is 1.77. The van der Waals surface area contributed by atoms with Gasteiger partial charge in [-0.2, -0.15) is 0 Å². The van der Waals surface area contributed by atoms with E-state index >= 15 is 0 Å². The van der Waals surface area contributed by atoms with E-state index in [-0.39, 0.29) is 22.7 Å². The molecular weight excluding hydrogens is 184 g/mol. The second kappa shape index (κ2) is 2.83. The highest BCUT2D eigenvalue weighted by atomic mass is 16.4. The molecule has 0 spiro atoms. The molecule has 0 amide bonds. The van der Waals surface area contributed by atoms with Gasteiger partial charge in [-0.3, -0.25) is 4.79 Å². The minimum atomic E-state index is -1.09. The monoisotopic (exact) mass is 192 g/mol. The zero-order valence-electron chi connectivity index (χ0n) is 7.28. The van der Waals surface area contributed by atoms with Gasteiger partial charge in [0.25, 0.3) is 0 Å². The highest BCUT2D eigenvalue weighted by molar-refractivity contribution is 6.04. The molecular formula is C10H8O4. The number of carboxylic acids is 1. The number of hydrogen-bond acceptors (Lipinski definition) is 3. The Morgan fingerprint density at radius 1 is 1.29 bits per heavy atom. The van der Waals surface area contributed by atoms with E-state index in [9.17, 15) is 14.7 Å². The van der Waals surface area contributed by atoms with Crippen molar-refractivity contribution in [2.24, 2.45) is 0 Å². The number of aromatic hydroxyl groups is 1. The minimum absolute atomic E-state index is 0.0240. The Morgan fingerprint density at radius 2 is 2.00 bits per heavy atom. The van der Waals surface area contributed by atoms with Gasteiger partial charge in [-0.1, -0.05) is 0 Å². The van der Waals surface area contributed by atoms with Gasteiger partial charge in [-0.25, -0.2) is 4.79 Å².